The van der Waals surface area contributed by atoms with Crippen molar-refractivity contribution in [3.8, 4) is 0 Å². The molecule has 52 heavy (non-hydrogen) atoms. The third-order valence-electron chi connectivity index (χ3n) is 8.98. The highest BCUT2D eigenvalue weighted by molar-refractivity contribution is 6.05. The molecule has 2 amide bonds. The van der Waals surface area contributed by atoms with E-state index in [2.05, 4.69) is 40.7 Å². The molecule has 2 aliphatic rings. The van der Waals surface area contributed by atoms with Gasteiger partial charge in [0.25, 0.3) is 11.8 Å². The van der Waals surface area contributed by atoms with Crippen molar-refractivity contribution >= 4 is 51.6 Å². The fraction of sp³-hybridized carbons (Fsp3) is 0.308. The first kappa shape index (κ1) is 35.8. The van der Waals surface area contributed by atoms with E-state index in [1.807, 2.05) is 87.5 Å². The molecule has 0 bridgehead atoms. The molecule has 13 heteroatoms. The Bertz CT molecular complexity index is 2080. The number of hydrogen-bond acceptors (Lipinski definition) is 9. The fourth-order valence-corrected chi connectivity index (χ4v) is 6.15. The molecular formula is C39H43N9O4. The summed E-state index contributed by atoms with van der Waals surface area (Å²) in [6, 6.07) is 21.0. The van der Waals surface area contributed by atoms with Crippen LogP contribution in [0, 0.1) is 20.4 Å². The summed E-state index contributed by atoms with van der Waals surface area (Å²) < 4.78 is 12.4. The molecule has 5 aromatic rings. The molecule has 2 fully saturated rings. The van der Waals surface area contributed by atoms with Crippen molar-refractivity contribution in [2.24, 2.45) is 0 Å². The van der Waals surface area contributed by atoms with Crippen LogP contribution in [0.1, 0.15) is 38.8 Å². The van der Waals surface area contributed by atoms with E-state index in [0.717, 1.165) is 67.6 Å². The van der Waals surface area contributed by atoms with Gasteiger partial charge in [0, 0.05) is 67.2 Å². The van der Waals surface area contributed by atoms with E-state index in [1.54, 1.807) is 10.7 Å². The Kier molecular flexibility index (Phi) is 11.6. The highest BCUT2D eigenvalue weighted by atomic mass is 16.5. The molecule has 0 aliphatic carbocycles. The second kappa shape index (κ2) is 16.8. The Morgan fingerprint density at radius 1 is 0.865 bits per heavy atom. The number of nitrogens with zero attached hydrogens (tertiary/aromatic N) is 6. The van der Waals surface area contributed by atoms with Gasteiger partial charge in [-0.2, -0.15) is 5.10 Å². The summed E-state index contributed by atoms with van der Waals surface area (Å²) in [4.78, 5) is 37.9. The van der Waals surface area contributed by atoms with Crippen LogP contribution in [0.25, 0.3) is 10.4 Å². The van der Waals surface area contributed by atoms with Crippen molar-refractivity contribution in [1.82, 2.24) is 19.9 Å². The van der Waals surface area contributed by atoms with E-state index in [0.29, 0.717) is 53.6 Å². The van der Waals surface area contributed by atoms with Crippen LogP contribution in [-0.2, 0) is 9.47 Å². The van der Waals surface area contributed by atoms with Crippen molar-refractivity contribution in [1.29, 1.82) is 0 Å². The first-order valence-electron chi connectivity index (χ1n) is 17.4. The normalized spacial score (nSPS) is 14.2. The van der Waals surface area contributed by atoms with Gasteiger partial charge in [-0.3, -0.25) is 9.59 Å². The molecule has 3 N–H and O–H groups in total. The Hall–Kier alpha value is -5.97. The smallest absolute Gasteiger partial charge is 0.255 e. The van der Waals surface area contributed by atoms with Gasteiger partial charge in [0.15, 0.2) is 11.5 Å². The Morgan fingerprint density at radius 2 is 1.54 bits per heavy atom. The number of benzene rings is 3. The van der Waals surface area contributed by atoms with E-state index in [1.165, 1.54) is 6.33 Å². The predicted molar refractivity (Wildman–Crippen MR) is 203 cm³/mol. The molecule has 3 aromatic carbocycles. The standard InChI is InChI=1S/C28H31N7O3.C11H12N2O/c1-4-29-28(37)23-16-35-25(19(23)3)26(30-17-31-35)33-24-15-21(9-8-18(24)2)32-27(36)20-6-5-7-22(14-20)34-10-12-38-13-11-34;1-12-10-3-2-4-11(9-10)13-5-7-14-8-6-13/h5-9,14-17H,4,10-13H2,1-3H3,(H,29,37)(H,32,36)(H,30,31,33);2-4,9H,5-8H2. The first-order chi connectivity index (χ1) is 25.3. The lowest BCUT2D eigenvalue weighted by Crippen LogP contribution is -2.36. The summed E-state index contributed by atoms with van der Waals surface area (Å²) in [5.74, 6) is 0.228. The third kappa shape index (κ3) is 8.48. The van der Waals surface area contributed by atoms with Crippen molar-refractivity contribution < 1.29 is 19.1 Å². The number of carbonyl (C=O) groups is 2. The number of fused-ring (bicyclic) bond motifs is 1. The topological polar surface area (TPSA) is 130 Å². The van der Waals surface area contributed by atoms with Crippen molar-refractivity contribution in [2.75, 3.05) is 79.6 Å². The highest BCUT2D eigenvalue weighted by Crippen LogP contribution is 2.29. The van der Waals surface area contributed by atoms with Gasteiger partial charge in [-0.15, -0.1) is 0 Å². The number of nitrogens with one attached hydrogen (secondary N) is 3. The second-order valence-electron chi connectivity index (χ2n) is 12.4. The minimum atomic E-state index is -0.187. The number of anilines is 5. The quantitative estimate of drug-likeness (QED) is 0.167. The number of ether oxygens (including phenoxy) is 2. The second-order valence-corrected chi connectivity index (χ2v) is 12.4. The summed E-state index contributed by atoms with van der Waals surface area (Å²) in [5.41, 5.74) is 7.87. The lowest BCUT2D eigenvalue weighted by atomic mass is 10.1. The summed E-state index contributed by atoms with van der Waals surface area (Å²) in [7, 11) is 0. The largest absolute Gasteiger partial charge is 0.378 e. The van der Waals surface area contributed by atoms with E-state index in [-0.39, 0.29) is 11.8 Å². The summed E-state index contributed by atoms with van der Waals surface area (Å²) >= 11 is 0. The minimum Gasteiger partial charge on any atom is -0.378 e. The molecule has 2 aromatic heterocycles. The molecule has 7 rings (SSSR count). The number of aryl methyl sites for hydroxylation is 2. The zero-order valence-corrected chi connectivity index (χ0v) is 29.7. The number of carbonyl (C=O) groups excluding carboxylic acids is 2. The molecule has 0 spiro atoms. The molecular weight excluding hydrogens is 658 g/mol. The monoisotopic (exact) mass is 701 g/mol. The number of hydrogen-bond donors (Lipinski definition) is 3. The van der Waals surface area contributed by atoms with Crippen LogP contribution < -0.4 is 25.8 Å². The predicted octanol–water partition coefficient (Wildman–Crippen LogP) is 6.00. The van der Waals surface area contributed by atoms with Crippen molar-refractivity contribution in [2.45, 2.75) is 20.8 Å². The van der Waals surface area contributed by atoms with Crippen molar-refractivity contribution in [3.05, 3.63) is 113 Å². The van der Waals surface area contributed by atoms with Gasteiger partial charge in [-0.25, -0.2) is 14.3 Å². The maximum absolute atomic E-state index is 13.1. The van der Waals surface area contributed by atoms with Crippen molar-refractivity contribution in [3.63, 3.8) is 0 Å². The molecule has 268 valence electrons. The van der Waals surface area contributed by atoms with Crippen LogP contribution in [0.5, 0.6) is 0 Å². The van der Waals surface area contributed by atoms with Gasteiger partial charge in [0.2, 0.25) is 0 Å². The number of morpholine rings is 2. The summed E-state index contributed by atoms with van der Waals surface area (Å²) in [5, 5.41) is 13.5. The van der Waals surface area contributed by atoms with Crippen LogP contribution in [0.15, 0.2) is 79.3 Å². The highest BCUT2D eigenvalue weighted by Gasteiger charge is 2.19. The molecule has 0 atom stereocenters. The minimum absolute atomic E-state index is 0.153. The Labute approximate surface area is 303 Å². The Balaban J connectivity index is 0.000000276. The molecule has 0 unspecified atom stereocenters. The van der Waals surface area contributed by atoms with Gasteiger partial charge < -0.3 is 35.2 Å². The lowest BCUT2D eigenvalue weighted by Gasteiger charge is -2.29. The third-order valence-corrected chi connectivity index (χ3v) is 8.98. The lowest BCUT2D eigenvalue weighted by molar-refractivity contribution is 0.0954. The van der Waals surface area contributed by atoms with Gasteiger partial charge >= 0.3 is 0 Å². The van der Waals surface area contributed by atoms with Crippen LogP contribution in [0.2, 0.25) is 0 Å². The average Bonchev–Trinajstić information content (AvgIpc) is 3.54. The molecule has 0 radical (unpaired) electrons. The summed E-state index contributed by atoms with van der Waals surface area (Å²) in [6.07, 6.45) is 3.15. The first-order valence-corrected chi connectivity index (χ1v) is 17.4. The molecule has 2 aliphatic heterocycles. The van der Waals surface area contributed by atoms with E-state index in [4.69, 9.17) is 16.0 Å². The van der Waals surface area contributed by atoms with E-state index >= 15 is 0 Å². The van der Waals surface area contributed by atoms with Crippen LogP contribution in [-0.4, -0.2) is 85.6 Å². The van der Waals surface area contributed by atoms with E-state index < -0.39 is 0 Å². The number of amides is 2. The summed E-state index contributed by atoms with van der Waals surface area (Å²) in [6.45, 7) is 19.6. The van der Waals surface area contributed by atoms with Gasteiger partial charge in [-0.1, -0.05) is 24.3 Å². The molecule has 0 saturated carbocycles. The van der Waals surface area contributed by atoms with Crippen LogP contribution in [0.4, 0.5) is 34.3 Å². The van der Waals surface area contributed by atoms with Gasteiger partial charge in [-0.05, 0) is 74.4 Å². The van der Waals surface area contributed by atoms with Gasteiger partial charge in [0.05, 0.1) is 38.6 Å². The zero-order chi connectivity index (χ0) is 36.5. The zero-order valence-electron chi connectivity index (χ0n) is 29.7. The average molecular weight is 702 g/mol. The molecule has 13 nitrogen and oxygen atoms in total. The molecule has 2 saturated heterocycles. The maximum Gasteiger partial charge on any atom is 0.255 e. The molecule has 4 heterocycles. The fourth-order valence-electron chi connectivity index (χ4n) is 6.15. The number of rotatable bonds is 8. The van der Waals surface area contributed by atoms with Crippen LogP contribution >= 0.6 is 0 Å². The van der Waals surface area contributed by atoms with Crippen LogP contribution in [0.3, 0.4) is 0 Å². The van der Waals surface area contributed by atoms with Gasteiger partial charge in [0.1, 0.15) is 11.8 Å². The maximum atomic E-state index is 13.1. The number of aromatic nitrogens is 3. The SMILES string of the molecule is CCNC(=O)c1cn2ncnc(Nc3cc(NC(=O)c4cccc(N5CCOCC5)c4)ccc3C)c2c1C.[C-]#[N+]c1cccc(N2CCOCC2)c1. The Morgan fingerprint density at radius 3 is 2.21 bits per heavy atom. The van der Waals surface area contributed by atoms with E-state index in [9.17, 15) is 9.59 Å².